The van der Waals surface area contributed by atoms with Gasteiger partial charge in [-0.2, -0.15) is 0 Å². The lowest BCUT2D eigenvalue weighted by molar-refractivity contribution is 0.607. The monoisotopic (exact) mass is 259 g/mol. The van der Waals surface area contributed by atoms with Crippen molar-refractivity contribution in [2.75, 3.05) is 25.0 Å². The zero-order chi connectivity index (χ0) is 13.1. The van der Waals surface area contributed by atoms with Crippen molar-refractivity contribution < 1.29 is 0 Å². The Morgan fingerprint density at radius 2 is 2.00 bits per heavy atom. The van der Waals surface area contributed by atoms with Crippen molar-refractivity contribution in [3.63, 3.8) is 0 Å². The minimum atomic E-state index is 0.629. The van der Waals surface area contributed by atoms with Crippen LogP contribution in [0.3, 0.4) is 0 Å². The number of hydrogen-bond donors (Lipinski definition) is 1. The first kappa shape index (κ1) is 12.9. The van der Waals surface area contributed by atoms with Crippen molar-refractivity contribution in [1.29, 1.82) is 0 Å². The van der Waals surface area contributed by atoms with Gasteiger partial charge < -0.3 is 10.2 Å². The summed E-state index contributed by atoms with van der Waals surface area (Å²) in [6.07, 6.45) is 9.03. The highest BCUT2D eigenvalue weighted by atomic mass is 15.2. The van der Waals surface area contributed by atoms with Gasteiger partial charge in [0.25, 0.3) is 0 Å². The molecule has 1 aliphatic heterocycles. The van der Waals surface area contributed by atoms with Gasteiger partial charge in [-0.1, -0.05) is 18.9 Å². The molecular formula is C16H25N3. The topological polar surface area (TPSA) is 28.2 Å². The van der Waals surface area contributed by atoms with Gasteiger partial charge in [-0.25, -0.2) is 4.98 Å². The van der Waals surface area contributed by atoms with Crippen LogP contribution in [0, 0.1) is 0 Å². The summed E-state index contributed by atoms with van der Waals surface area (Å²) in [5.74, 6) is 1.19. The molecular weight excluding hydrogens is 234 g/mol. The fraction of sp³-hybridized carbons (Fsp3) is 0.688. The van der Waals surface area contributed by atoms with Crippen LogP contribution >= 0.6 is 0 Å². The van der Waals surface area contributed by atoms with Crippen molar-refractivity contribution in [3.05, 3.63) is 23.4 Å². The van der Waals surface area contributed by atoms with E-state index in [9.17, 15) is 0 Å². The van der Waals surface area contributed by atoms with Crippen molar-refractivity contribution in [2.24, 2.45) is 0 Å². The van der Waals surface area contributed by atoms with E-state index in [0.717, 1.165) is 13.1 Å². The van der Waals surface area contributed by atoms with Crippen LogP contribution in [0.15, 0.2) is 12.1 Å². The van der Waals surface area contributed by atoms with Gasteiger partial charge in [0.2, 0.25) is 0 Å². The summed E-state index contributed by atoms with van der Waals surface area (Å²) >= 11 is 0. The number of nitrogens with one attached hydrogen (secondary N) is 1. The Bertz CT molecular complexity index is 430. The van der Waals surface area contributed by atoms with Crippen LogP contribution in [0.5, 0.6) is 0 Å². The molecule has 1 fully saturated rings. The van der Waals surface area contributed by atoms with Crippen LogP contribution < -0.4 is 10.2 Å². The molecule has 104 valence electrons. The first-order valence-corrected chi connectivity index (χ1v) is 7.78. The molecule has 1 unspecified atom stereocenters. The van der Waals surface area contributed by atoms with Crippen molar-refractivity contribution >= 4 is 5.82 Å². The number of nitrogens with zero attached hydrogens (tertiary/aromatic N) is 2. The maximum Gasteiger partial charge on any atom is 0.128 e. The van der Waals surface area contributed by atoms with E-state index < -0.39 is 0 Å². The van der Waals surface area contributed by atoms with Crippen molar-refractivity contribution in [3.8, 4) is 0 Å². The molecule has 0 saturated carbocycles. The number of likely N-dealkylation sites (N-methyl/N-ethyl adjacent to an activating group) is 1. The summed E-state index contributed by atoms with van der Waals surface area (Å²) in [4.78, 5) is 7.39. The Kier molecular flexibility index (Phi) is 4.02. The van der Waals surface area contributed by atoms with Crippen molar-refractivity contribution in [2.45, 2.75) is 51.0 Å². The van der Waals surface area contributed by atoms with Gasteiger partial charge in [-0.05, 0) is 50.8 Å². The van der Waals surface area contributed by atoms with E-state index in [-0.39, 0.29) is 0 Å². The minimum Gasteiger partial charge on any atom is -0.355 e. The molecule has 1 aromatic heterocycles. The lowest BCUT2D eigenvalue weighted by atomic mass is 9.97. The molecule has 3 nitrogen and oxygen atoms in total. The van der Waals surface area contributed by atoms with Crippen LogP contribution in [-0.2, 0) is 12.8 Å². The van der Waals surface area contributed by atoms with E-state index in [1.54, 1.807) is 0 Å². The molecule has 2 aliphatic rings. The predicted molar refractivity (Wildman–Crippen MR) is 79.8 cm³/mol. The Hall–Kier alpha value is -1.09. The standard InChI is InChI=1S/C16H25N3/c1-17-14-10-11-19(12-14)16-9-8-13-6-4-2-3-5-7-15(13)18-16/h8-9,14,17H,2-7,10-12H2,1H3. The Morgan fingerprint density at radius 1 is 1.16 bits per heavy atom. The first-order valence-electron chi connectivity index (χ1n) is 7.78. The van der Waals surface area contributed by atoms with Gasteiger partial charge >= 0.3 is 0 Å². The number of pyridine rings is 1. The maximum absolute atomic E-state index is 4.96. The van der Waals surface area contributed by atoms with Crippen LogP contribution in [0.2, 0.25) is 0 Å². The van der Waals surface area contributed by atoms with E-state index in [0.29, 0.717) is 6.04 Å². The second-order valence-electron chi connectivity index (χ2n) is 5.91. The average molecular weight is 259 g/mol. The lowest BCUT2D eigenvalue weighted by Gasteiger charge is -2.20. The number of aryl methyl sites for hydroxylation is 2. The summed E-state index contributed by atoms with van der Waals surface area (Å²) < 4.78 is 0. The molecule has 1 atom stereocenters. The second-order valence-corrected chi connectivity index (χ2v) is 5.91. The minimum absolute atomic E-state index is 0.629. The molecule has 1 N–H and O–H groups in total. The smallest absolute Gasteiger partial charge is 0.128 e. The second kappa shape index (κ2) is 5.91. The third kappa shape index (κ3) is 2.92. The highest BCUT2D eigenvalue weighted by Gasteiger charge is 2.22. The molecule has 2 heterocycles. The highest BCUT2D eigenvalue weighted by molar-refractivity contribution is 5.43. The van der Waals surface area contributed by atoms with E-state index >= 15 is 0 Å². The molecule has 0 bridgehead atoms. The number of fused-ring (bicyclic) bond motifs is 1. The van der Waals surface area contributed by atoms with E-state index in [2.05, 4.69) is 29.4 Å². The molecule has 1 saturated heterocycles. The van der Waals surface area contributed by atoms with Gasteiger partial charge in [-0.15, -0.1) is 0 Å². The number of anilines is 1. The van der Waals surface area contributed by atoms with E-state index in [1.807, 2.05) is 0 Å². The van der Waals surface area contributed by atoms with E-state index in [1.165, 1.54) is 62.0 Å². The zero-order valence-electron chi connectivity index (χ0n) is 12.0. The summed E-state index contributed by atoms with van der Waals surface area (Å²) in [7, 11) is 2.06. The van der Waals surface area contributed by atoms with Crippen LogP contribution in [-0.4, -0.2) is 31.2 Å². The fourth-order valence-electron chi connectivity index (χ4n) is 3.30. The van der Waals surface area contributed by atoms with Gasteiger partial charge in [0, 0.05) is 24.8 Å². The quantitative estimate of drug-likeness (QED) is 0.884. The first-order chi connectivity index (χ1) is 9.36. The fourth-order valence-corrected chi connectivity index (χ4v) is 3.30. The molecule has 1 aromatic rings. The third-order valence-corrected chi connectivity index (χ3v) is 4.58. The van der Waals surface area contributed by atoms with Gasteiger partial charge in [-0.3, -0.25) is 0 Å². The van der Waals surface area contributed by atoms with Crippen LogP contribution in [0.4, 0.5) is 5.82 Å². The van der Waals surface area contributed by atoms with Crippen LogP contribution in [0.1, 0.15) is 43.4 Å². The maximum atomic E-state index is 4.96. The van der Waals surface area contributed by atoms with E-state index in [4.69, 9.17) is 4.98 Å². The largest absolute Gasteiger partial charge is 0.355 e. The number of hydrogen-bond acceptors (Lipinski definition) is 3. The third-order valence-electron chi connectivity index (χ3n) is 4.58. The summed E-state index contributed by atoms with van der Waals surface area (Å²) in [6, 6.07) is 5.19. The van der Waals surface area contributed by atoms with Gasteiger partial charge in [0.1, 0.15) is 5.82 Å². The highest BCUT2D eigenvalue weighted by Crippen LogP contribution is 2.24. The molecule has 3 rings (SSSR count). The number of rotatable bonds is 2. The summed E-state index contributed by atoms with van der Waals surface area (Å²) in [5, 5.41) is 3.37. The number of aromatic nitrogens is 1. The molecule has 19 heavy (non-hydrogen) atoms. The summed E-state index contributed by atoms with van der Waals surface area (Å²) in [6.45, 7) is 2.24. The van der Waals surface area contributed by atoms with Crippen molar-refractivity contribution in [1.82, 2.24) is 10.3 Å². The molecule has 0 spiro atoms. The molecule has 3 heteroatoms. The zero-order valence-corrected chi connectivity index (χ0v) is 12.0. The molecule has 1 aliphatic carbocycles. The normalized spacial score (nSPS) is 23.8. The molecule has 0 amide bonds. The summed E-state index contributed by atoms with van der Waals surface area (Å²) in [5.41, 5.74) is 2.86. The average Bonchev–Trinajstić information content (AvgIpc) is 2.88. The van der Waals surface area contributed by atoms with Crippen LogP contribution in [0.25, 0.3) is 0 Å². The molecule has 0 radical (unpaired) electrons. The Morgan fingerprint density at radius 3 is 2.79 bits per heavy atom. The van der Waals surface area contributed by atoms with Gasteiger partial charge in [0.05, 0.1) is 0 Å². The SMILES string of the molecule is CNC1CCN(c2ccc3c(n2)CCCCCC3)C1. The molecule has 0 aromatic carbocycles. The Balaban J connectivity index is 1.78. The lowest BCUT2D eigenvalue weighted by Crippen LogP contribution is -2.30. The Labute approximate surface area is 116 Å². The predicted octanol–water partition coefficient (Wildman–Crippen LogP) is 2.54. The van der Waals surface area contributed by atoms with Gasteiger partial charge in [0.15, 0.2) is 0 Å².